The molecule has 0 saturated carbocycles. The van der Waals surface area contributed by atoms with E-state index < -0.39 is 5.91 Å². The van der Waals surface area contributed by atoms with E-state index >= 15 is 0 Å². The van der Waals surface area contributed by atoms with E-state index in [1.54, 1.807) is 24.3 Å². The number of aryl methyl sites for hydroxylation is 2. The Bertz CT molecular complexity index is 1020. The first-order valence-corrected chi connectivity index (χ1v) is 9.63. The van der Waals surface area contributed by atoms with E-state index in [2.05, 4.69) is 10.6 Å². The van der Waals surface area contributed by atoms with Crippen molar-refractivity contribution in [2.45, 2.75) is 13.8 Å². The first kappa shape index (κ1) is 20.9. The zero-order chi connectivity index (χ0) is 21.3. The molecule has 2 N–H and O–H groups in total. The van der Waals surface area contributed by atoms with Crippen LogP contribution in [0.4, 0.5) is 0 Å². The van der Waals surface area contributed by atoms with Gasteiger partial charge in [-0.2, -0.15) is 0 Å². The van der Waals surface area contributed by atoms with Crippen molar-refractivity contribution in [3.63, 3.8) is 0 Å². The number of para-hydroxylation sites is 1. The number of hydrogen-bond donors (Lipinski definition) is 2. The number of nitrogens with one attached hydrogen (secondary N) is 2. The Labute approximate surface area is 175 Å². The molecule has 1 heterocycles. The maximum Gasteiger partial charge on any atom is 0.268 e. The summed E-state index contributed by atoms with van der Waals surface area (Å²) in [5.74, 6) is 0.422. The lowest BCUT2D eigenvalue weighted by atomic mass is 10.1. The summed E-state index contributed by atoms with van der Waals surface area (Å²) in [7, 11) is 0. The molecule has 6 heteroatoms. The van der Waals surface area contributed by atoms with Gasteiger partial charge in [-0.3, -0.25) is 9.59 Å². The van der Waals surface area contributed by atoms with Crippen LogP contribution in [0.3, 0.4) is 0 Å². The number of benzene rings is 2. The number of amides is 2. The highest BCUT2D eigenvalue weighted by Gasteiger charge is 2.15. The highest BCUT2D eigenvalue weighted by Crippen LogP contribution is 2.15. The Morgan fingerprint density at radius 3 is 2.47 bits per heavy atom. The molecule has 0 atom stereocenters. The van der Waals surface area contributed by atoms with Crippen molar-refractivity contribution in [3.8, 4) is 5.75 Å². The normalized spacial score (nSPS) is 11.1. The molecule has 154 valence electrons. The lowest BCUT2D eigenvalue weighted by molar-refractivity contribution is -0.117. The molecule has 0 bridgehead atoms. The monoisotopic (exact) mass is 404 g/mol. The molecule has 3 aromatic rings. The minimum atomic E-state index is -0.430. The van der Waals surface area contributed by atoms with Crippen molar-refractivity contribution in [2.75, 3.05) is 13.2 Å². The van der Waals surface area contributed by atoms with Crippen molar-refractivity contribution < 1.29 is 18.7 Å². The van der Waals surface area contributed by atoms with Gasteiger partial charge in [0, 0.05) is 11.6 Å². The SMILES string of the molecule is Cc1ccc(C(=O)N/C(=C\c2ccco2)C(=O)NCCOc2ccccc2C)cc1. The van der Waals surface area contributed by atoms with Gasteiger partial charge in [-0.05, 0) is 49.7 Å². The summed E-state index contributed by atoms with van der Waals surface area (Å²) < 4.78 is 11.0. The first-order valence-electron chi connectivity index (χ1n) is 9.63. The summed E-state index contributed by atoms with van der Waals surface area (Å²) in [5, 5.41) is 5.43. The van der Waals surface area contributed by atoms with Crippen LogP contribution in [0.25, 0.3) is 6.08 Å². The molecule has 0 aliphatic rings. The summed E-state index contributed by atoms with van der Waals surface area (Å²) in [6, 6.07) is 18.2. The maximum atomic E-state index is 12.7. The third-order valence-electron chi connectivity index (χ3n) is 4.38. The topological polar surface area (TPSA) is 80.6 Å². The third kappa shape index (κ3) is 5.85. The van der Waals surface area contributed by atoms with Crippen molar-refractivity contribution in [1.29, 1.82) is 0 Å². The highest BCUT2D eigenvalue weighted by atomic mass is 16.5. The maximum absolute atomic E-state index is 12.7. The van der Waals surface area contributed by atoms with E-state index in [1.165, 1.54) is 12.3 Å². The van der Waals surface area contributed by atoms with Gasteiger partial charge in [-0.25, -0.2) is 0 Å². The fourth-order valence-electron chi connectivity index (χ4n) is 2.71. The molecular weight excluding hydrogens is 380 g/mol. The summed E-state index contributed by atoms with van der Waals surface area (Å²) in [5.41, 5.74) is 2.62. The van der Waals surface area contributed by atoms with E-state index in [4.69, 9.17) is 9.15 Å². The van der Waals surface area contributed by atoms with Gasteiger partial charge in [0.25, 0.3) is 11.8 Å². The fourth-order valence-corrected chi connectivity index (χ4v) is 2.71. The Balaban J connectivity index is 1.63. The summed E-state index contributed by atoms with van der Waals surface area (Å²) >= 11 is 0. The second kappa shape index (κ2) is 10.1. The largest absolute Gasteiger partial charge is 0.491 e. The van der Waals surface area contributed by atoms with E-state index in [-0.39, 0.29) is 18.1 Å². The number of carbonyl (C=O) groups excluding carboxylic acids is 2. The van der Waals surface area contributed by atoms with Gasteiger partial charge in [0.05, 0.1) is 12.8 Å². The van der Waals surface area contributed by atoms with Gasteiger partial charge in [-0.1, -0.05) is 35.9 Å². The van der Waals surface area contributed by atoms with Crippen LogP contribution < -0.4 is 15.4 Å². The minimum Gasteiger partial charge on any atom is -0.491 e. The minimum absolute atomic E-state index is 0.0893. The standard InChI is InChI=1S/C24H24N2O4/c1-17-9-11-19(12-10-17)23(27)26-21(16-20-7-5-14-29-20)24(28)25-13-15-30-22-8-4-3-6-18(22)2/h3-12,14,16H,13,15H2,1-2H3,(H,25,28)(H,26,27)/b21-16-. The number of ether oxygens (including phenoxy) is 1. The summed E-state index contributed by atoms with van der Waals surface area (Å²) in [6.45, 7) is 4.48. The molecule has 0 aliphatic heterocycles. The van der Waals surface area contributed by atoms with Gasteiger partial charge < -0.3 is 19.8 Å². The Morgan fingerprint density at radius 2 is 1.77 bits per heavy atom. The molecule has 2 amide bonds. The molecule has 0 spiro atoms. The number of hydrogen-bond acceptors (Lipinski definition) is 4. The first-order chi connectivity index (χ1) is 14.5. The van der Waals surface area contributed by atoms with Crippen LogP contribution in [0, 0.1) is 13.8 Å². The van der Waals surface area contributed by atoms with Crippen molar-refractivity contribution >= 4 is 17.9 Å². The van der Waals surface area contributed by atoms with Crippen LogP contribution in [0.1, 0.15) is 27.2 Å². The lowest BCUT2D eigenvalue weighted by Gasteiger charge is -2.12. The number of rotatable bonds is 8. The molecule has 1 aromatic heterocycles. The Kier molecular flexibility index (Phi) is 7.05. The molecule has 2 aromatic carbocycles. The molecule has 3 rings (SSSR count). The number of carbonyl (C=O) groups is 2. The third-order valence-corrected chi connectivity index (χ3v) is 4.38. The Hall–Kier alpha value is -3.80. The average molecular weight is 404 g/mol. The molecule has 0 saturated heterocycles. The van der Waals surface area contributed by atoms with Crippen molar-refractivity contribution in [3.05, 3.63) is 95.1 Å². The molecule has 0 radical (unpaired) electrons. The van der Waals surface area contributed by atoms with Crippen molar-refractivity contribution in [1.82, 2.24) is 10.6 Å². The summed E-state index contributed by atoms with van der Waals surface area (Å²) in [6.07, 6.45) is 2.99. The predicted octanol–water partition coefficient (Wildman–Crippen LogP) is 3.86. The Morgan fingerprint density at radius 1 is 1.00 bits per heavy atom. The molecule has 0 fully saturated rings. The second-order valence-electron chi connectivity index (χ2n) is 6.76. The zero-order valence-corrected chi connectivity index (χ0v) is 17.0. The van der Waals surface area contributed by atoms with Crippen LogP contribution in [0.5, 0.6) is 5.75 Å². The van der Waals surface area contributed by atoms with Crippen LogP contribution in [0.15, 0.2) is 77.0 Å². The van der Waals surface area contributed by atoms with Gasteiger partial charge in [0.2, 0.25) is 0 Å². The second-order valence-corrected chi connectivity index (χ2v) is 6.76. The number of furan rings is 1. The van der Waals surface area contributed by atoms with E-state index in [9.17, 15) is 9.59 Å². The molecule has 30 heavy (non-hydrogen) atoms. The lowest BCUT2D eigenvalue weighted by Crippen LogP contribution is -2.36. The zero-order valence-electron chi connectivity index (χ0n) is 17.0. The van der Waals surface area contributed by atoms with Crippen molar-refractivity contribution in [2.24, 2.45) is 0 Å². The molecular formula is C24H24N2O4. The van der Waals surface area contributed by atoms with Gasteiger partial charge >= 0.3 is 0 Å². The van der Waals surface area contributed by atoms with Crippen LogP contribution >= 0.6 is 0 Å². The van der Waals surface area contributed by atoms with E-state index in [1.807, 2.05) is 50.2 Å². The predicted molar refractivity (Wildman–Crippen MR) is 115 cm³/mol. The van der Waals surface area contributed by atoms with Gasteiger partial charge in [0.15, 0.2) is 0 Å². The van der Waals surface area contributed by atoms with Crippen LogP contribution in [-0.2, 0) is 4.79 Å². The molecule has 6 nitrogen and oxygen atoms in total. The van der Waals surface area contributed by atoms with Crippen LogP contribution in [0.2, 0.25) is 0 Å². The van der Waals surface area contributed by atoms with E-state index in [0.717, 1.165) is 16.9 Å². The van der Waals surface area contributed by atoms with Gasteiger partial charge in [-0.15, -0.1) is 0 Å². The van der Waals surface area contributed by atoms with Crippen LogP contribution in [-0.4, -0.2) is 25.0 Å². The van der Waals surface area contributed by atoms with Gasteiger partial charge in [0.1, 0.15) is 23.8 Å². The highest BCUT2D eigenvalue weighted by molar-refractivity contribution is 6.05. The fraction of sp³-hybridized carbons (Fsp3) is 0.167. The van der Waals surface area contributed by atoms with E-state index in [0.29, 0.717) is 17.9 Å². The molecule has 0 aliphatic carbocycles. The summed E-state index contributed by atoms with van der Waals surface area (Å²) in [4.78, 5) is 25.2. The average Bonchev–Trinajstić information content (AvgIpc) is 3.25. The smallest absolute Gasteiger partial charge is 0.268 e. The quantitative estimate of drug-likeness (QED) is 0.441. The molecule has 0 unspecified atom stereocenters.